The summed E-state index contributed by atoms with van der Waals surface area (Å²) in [5.74, 6) is -0.938. The van der Waals surface area contributed by atoms with E-state index in [-0.39, 0.29) is 11.4 Å². The topological polar surface area (TPSA) is 78.4 Å². The molecule has 5 heteroatoms. The molecule has 5 nitrogen and oxygen atoms in total. The highest BCUT2D eigenvalue weighted by atomic mass is 16.4. The Bertz CT molecular complexity index is 341. The van der Waals surface area contributed by atoms with E-state index in [0.29, 0.717) is 6.54 Å². The van der Waals surface area contributed by atoms with Gasteiger partial charge in [0.1, 0.15) is 0 Å². The SMILES string of the molecule is CC(C)(C)CCNC(=O)NC(C)(C)C(C)(C)C(=O)O. The Hall–Kier alpha value is -1.26. The first-order valence-corrected chi connectivity index (χ1v) is 6.59. The van der Waals surface area contributed by atoms with Crippen LogP contribution in [-0.4, -0.2) is 29.2 Å². The third kappa shape index (κ3) is 5.49. The summed E-state index contributed by atoms with van der Waals surface area (Å²) >= 11 is 0. The molecule has 0 spiro atoms. The van der Waals surface area contributed by atoms with Crippen molar-refractivity contribution >= 4 is 12.0 Å². The van der Waals surface area contributed by atoms with Crippen molar-refractivity contribution in [1.82, 2.24) is 10.6 Å². The molecule has 0 fully saturated rings. The highest BCUT2D eigenvalue weighted by molar-refractivity contribution is 5.79. The number of aliphatic carboxylic acids is 1. The maximum atomic E-state index is 11.8. The minimum absolute atomic E-state index is 0.156. The minimum atomic E-state index is -1.05. The van der Waals surface area contributed by atoms with Gasteiger partial charge in [0.2, 0.25) is 0 Å². The molecule has 0 aromatic carbocycles. The van der Waals surface area contributed by atoms with Crippen molar-refractivity contribution < 1.29 is 14.7 Å². The highest BCUT2D eigenvalue weighted by Crippen LogP contribution is 2.30. The predicted octanol–water partition coefficient (Wildman–Crippen LogP) is 2.61. The quantitative estimate of drug-likeness (QED) is 0.720. The molecule has 0 aliphatic heterocycles. The van der Waals surface area contributed by atoms with Crippen molar-refractivity contribution in [2.45, 2.75) is 60.4 Å². The van der Waals surface area contributed by atoms with E-state index in [0.717, 1.165) is 6.42 Å². The van der Waals surface area contributed by atoms with Gasteiger partial charge in [-0.2, -0.15) is 0 Å². The lowest BCUT2D eigenvalue weighted by molar-refractivity contribution is -0.150. The average Bonchev–Trinajstić information content (AvgIpc) is 2.13. The van der Waals surface area contributed by atoms with Crippen LogP contribution in [0, 0.1) is 10.8 Å². The number of carboxylic acid groups (broad SMARTS) is 1. The molecule has 0 unspecified atom stereocenters. The van der Waals surface area contributed by atoms with E-state index in [1.807, 2.05) is 0 Å². The molecule has 0 aromatic rings. The maximum Gasteiger partial charge on any atom is 0.315 e. The Morgan fingerprint density at radius 2 is 1.47 bits per heavy atom. The number of nitrogens with one attached hydrogen (secondary N) is 2. The predicted molar refractivity (Wildman–Crippen MR) is 76.1 cm³/mol. The van der Waals surface area contributed by atoms with Gasteiger partial charge in [0.05, 0.1) is 11.0 Å². The molecule has 0 rings (SSSR count). The fourth-order valence-corrected chi connectivity index (χ4v) is 1.30. The van der Waals surface area contributed by atoms with Crippen molar-refractivity contribution in [2.75, 3.05) is 6.54 Å². The van der Waals surface area contributed by atoms with Crippen LogP contribution in [0.15, 0.2) is 0 Å². The van der Waals surface area contributed by atoms with Crippen LogP contribution in [0.25, 0.3) is 0 Å². The van der Waals surface area contributed by atoms with Crippen LogP contribution < -0.4 is 10.6 Å². The second kappa shape index (κ2) is 5.80. The van der Waals surface area contributed by atoms with E-state index < -0.39 is 16.9 Å². The Balaban J connectivity index is 4.44. The summed E-state index contributed by atoms with van der Waals surface area (Å²) in [6, 6.07) is -0.330. The molecule has 0 heterocycles. The third-order valence-corrected chi connectivity index (χ3v) is 3.68. The molecule has 112 valence electrons. The first-order chi connectivity index (χ1) is 8.29. The van der Waals surface area contributed by atoms with Crippen LogP contribution in [0.5, 0.6) is 0 Å². The van der Waals surface area contributed by atoms with Gasteiger partial charge in [-0.1, -0.05) is 20.8 Å². The van der Waals surface area contributed by atoms with Crippen molar-refractivity contribution in [3.63, 3.8) is 0 Å². The highest BCUT2D eigenvalue weighted by Gasteiger charge is 2.44. The van der Waals surface area contributed by atoms with Crippen molar-refractivity contribution in [3.05, 3.63) is 0 Å². The Kier molecular flexibility index (Phi) is 5.42. The van der Waals surface area contributed by atoms with Gasteiger partial charge in [0, 0.05) is 6.54 Å². The van der Waals surface area contributed by atoms with Crippen molar-refractivity contribution in [3.8, 4) is 0 Å². The summed E-state index contributed by atoms with van der Waals surface area (Å²) in [7, 11) is 0. The number of hydrogen-bond acceptors (Lipinski definition) is 2. The monoisotopic (exact) mass is 272 g/mol. The van der Waals surface area contributed by atoms with Gasteiger partial charge in [-0.05, 0) is 39.5 Å². The summed E-state index contributed by atoms with van der Waals surface area (Å²) in [5.41, 5.74) is -1.73. The summed E-state index contributed by atoms with van der Waals surface area (Å²) in [6.45, 7) is 13.5. The van der Waals surface area contributed by atoms with Gasteiger partial charge in [0.15, 0.2) is 0 Å². The van der Waals surface area contributed by atoms with E-state index in [4.69, 9.17) is 0 Å². The molecule has 19 heavy (non-hydrogen) atoms. The zero-order valence-corrected chi connectivity index (χ0v) is 13.2. The van der Waals surface area contributed by atoms with E-state index in [1.54, 1.807) is 27.7 Å². The lowest BCUT2D eigenvalue weighted by atomic mass is 9.74. The number of carbonyl (C=O) groups excluding carboxylic acids is 1. The van der Waals surface area contributed by atoms with Crippen molar-refractivity contribution in [1.29, 1.82) is 0 Å². The van der Waals surface area contributed by atoms with Gasteiger partial charge >= 0.3 is 12.0 Å². The molecule has 0 aromatic heterocycles. The van der Waals surface area contributed by atoms with E-state index in [9.17, 15) is 14.7 Å². The van der Waals surface area contributed by atoms with Gasteiger partial charge in [-0.15, -0.1) is 0 Å². The second-order valence-electron chi connectivity index (χ2n) is 7.25. The van der Waals surface area contributed by atoms with Gasteiger partial charge in [-0.25, -0.2) is 4.79 Å². The number of amides is 2. The lowest BCUT2D eigenvalue weighted by Crippen LogP contribution is -2.59. The Morgan fingerprint density at radius 3 is 1.84 bits per heavy atom. The molecule has 0 bridgehead atoms. The van der Waals surface area contributed by atoms with E-state index >= 15 is 0 Å². The number of carbonyl (C=O) groups is 2. The third-order valence-electron chi connectivity index (χ3n) is 3.68. The maximum absolute atomic E-state index is 11.8. The summed E-state index contributed by atoms with van der Waals surface area (Å²) in [5, 5.41) is 14.7. The van der Waals surface area contributed by atoms with Gasteiger partial charge in [0.25, 0.3) is 0 Å². The second-order valence-corrected chi connectivity index (χ2v) is 7.25. The molecular weight excluding hydrogens is 244 g/mol. The zero-order chi connectivity index (χ0) is 15.5. The fourth-order valence-electron chi connectivity index (χ4n) is 1.30. The number of carboxylic acids is 1. The van der Waals surface area contributed by atoms with E-state index in [2.05, 4.69) is 31.4 Å². The summed E-state index contributed by atoms with van der Waals surface area (Å²) in [6.07, 6.45) is 0.864. The molecule has 0 saturated carbocycles. The molecule has 0 aliphatic rings. The average molecular weight is 272 g/mol. The standard InChI is InChI=1S/C14H28N2O3/c1-12(2,3)8-9-15-11(19)16-14(6,7)13(4,5)10(17)18/h8-9H2,1-7H3,(H,17,18)(H2,15,16,19). The normalized spacial score (nSPS) is 13.0. The van der Waals surface area contributed by atoms with Crippen LogP contribution in [0.4, 0.5) is 4.79 Å². The molecule has 0 aliphatic carbocycles. The van der Waals surface area contributed by atoms with Crippen molar-refractivity contribution in [2.24, 2.45) is 10.8 Å². The Labute approximate surface area is 116 Å². The molecule has 0 atom stereocenters. The van der Waals surface area contributed by atoms with Gasteiger partial charge < -0.3 is 15.7 Å². The van der Waals surface area contributed by atoms with Crippen LogP contribution in [0.2, 0.25) is 0 Å². The number of urea groups is 1. The number of rotatable bonds is 5. The largest absolute Gasteiger partial charge is 0.481 e. The first-order valence-electron chi connectivity index (χ1n) is 6.59. The summed E-state index contributed by atoms with van der Waals surface area (Å²) in [4.78, 5) is 23.0. The summed E-state index contributed by atoms with van der Waals surface area (Å²) < 4.78 is 0. The smallest absolute Gasteiger partial charge is 0.315 e. The number of hydrogen-bond donors (Lipinski definition) is 3. The lowest BCUT2D eigenvalue weighted by Gasteiger charge is -2.38. The molecule has 0 saturated heterocycles. The van der Waals surface area contributed by atoms with Gasteiger partial charge in [-0.3, -0.25) is 4.79 Å². The zero-order valence-electron chi connectivity index (χ0n) is 13.2. The fraction of sp³-hybridized carbons (Fsp3) is 0.857. The van der Waals surface area contributed by atoms with Crippen LogP contribution in [0.3, 0.4) is 0 Å². The Morgan fingerprint density at radius 1 is 1.00 bits per heavy atom. The molecule has 2 amide bonds. The van der Waals surface area contributed by atoms with E-state index in [1.165, 1.54) is 0 Å². The first kappa shape index (κ1) is 17.7. The van der Waals surface area contributed by atoms with Crippen LogP contribution in [-0.2, 0) is 4.79 Å². The van der Waals surface area contributed by atoms with Crippen LogP contribution >= 0.6 is 0 Å². The molecule has 0 radical (unpaired) electrons. The molecule has 3 N–H and O–H groups in total. The minimum Gasteiger partial charge on any atom is -0.481 e. The van der Waals surface area contributed by atoms with Crippen LogP contribution in [0.1, 0.15) is 54.9 Å². The molecular formula is C14H28N2O3.